The predicted molar refractivity (Wildman–Crippen MR) is 51.2 cm³/mol. The van der Waals surface area contributed by atoms with Crippen LogP contribution in [-0.2, 0) is 11.3 Å². The molecule has 1 rings (SSSR count). The van der Waals surface area contributed by atoms with Crippen LogP contribution in [0.1, 0.15) is 19.0 Å². The monoisotopic (exact) mass is 178 g/mol. The molecule has 13 heavy (non-hydrogen) atoms. The third kappa shape index (κ3) is 4.38. The number of ketones is 1. The number of carbonyl (C=O) groups excluding carboxylic acids is 1. The highest BCUT2D eigenvalue weighted by atomic mass is 16.1. The van der Waals surface area contributed by atoms with E-state index in [1.54, 1.807) is 13.1 Å². The van der Waals surface area contributed by atoms with Gasteiger partial charge in [0, 0.05) is 25.7 Å². The van der Waals surface area contributed by atoms with Crippen molar-refractivity contribution in [1.29, 1.82) is 0 Å². The number of pyridine rings is 1. The first-order chi connectivity index (χ1) is 6.29. The summed E-state index contributed by atoms with van der Waals surface area (Å²) in [6, 6.07) is 5.80. The number of carbonyl (C=O) groups is 1. The second-order valence-corrected chi connectivity index (χ2v) is 2.95. The summed E-state index contributed by atoms with van der Waals surface area (Å²) < 4.78 is 0. The van der Waals surface area contributed by atoms with Crippen molar-refractivity contribution in [2.45, 2.75) is 19.9 Å². The van der Waals surface area contributed by atoms with Gasteiger partial charge < -0.3 is 5.32 Å². The van der Waals surface area contributed by atoms with E-state index < -0.39 is 0 Å². The van der Waals surface area contributed by atoms with Gasteiger partial charge in [-0.05, 0) is 19.1 Å². The number of Topliss-reactive ketones (excluding diaryl/α,β-unsaturated/α-hetero) is 1. The number of hydrogen-bond acceptors (Lipinski definition) is 3. The summed E-state index contributed by atoms with van der Waals surface area (Å²) in [5.74, 6) is 0.216. The lowest BCUT2D eigenvalue weighted by atomic mass is 10.3. The van der Waals surface area contributed by atoms with Crippen molar-refractivity contribution in [2.75, 3.05) is 6.54 Å². The molecule has 0 aliphatic rings. The van der Waals surface area contributed by atoms with Crippen LogP contribution < -0.4 is 5.32 Å². The average Bonchev–Trinajstić information content (AvgIpc) is 2.14. The molecule has 0 aliphatic carbocycles. The Kier molecular flexibility index (Phi) is 4.12. The van der Waals surface area contributed by atoms with Crippen LogP contribution in [0, 0.1) is 0 Å². The Labute approximate surface area is 78.2 Å². The molecule has 1 N–H and O–H groups in total. The number of nitrogens with zero attached hydrogens (tertiary/aromatic N) is 1. The minimum atomic E-state index is 0.216. The molecule has 3 heteroatoms. The maximum Gasteiger partial charge on any atom is 0.131 e. The van der Waals surface area contributed by atoms with Crippen molar-refractivity contribution in [3.05, 3.63) is 30.1 Å². The lowest BCUT2D eigenvalue weighted by Gasteiger charge is -2.01. The van der Waals surface area contributed by atoms with E-state index in [4.69, 9.17) is 0 Å². The standard InChI is InChI=1S/C10H14N2O/c1-9(13)5-7-11-8-10-4-2-3-6-12-10/h2-4,6,11H,5,7-8H2,1H3. The van der Waals surface area contributed by atoms with Crippen LogP contribution in [0.25, 0.3) is 0 Å². The van der Waals surface area contributed by atoms with Crippen LogP contribution in [0.4, 0.5) is 0 Å². The number of nitrogens with one attached hydrogen (secondary N) is 1. The van der Waals surface area contributed by atoms with Crippen molar-refractivity contribution in [3.8, 4) is 0 Å². The minimum Gasteiger partial charge on any atom is -0.311 e. The van der Waals surface area contributed by atoms with E-state index in [-0.39, 0.29) is 5.78 Å². The first kappa shape index (κ1) is 9.86. The molecule has 0 aromatic carbocycles. The zero-order valence-electron chi connectivity index (χ0n) is 7.79. The largest absolute Gasteiger partial charge is 0.311 e. The normalized spacial score (nSPS) is 9.92. The van der Waals surface area contributed by atoms with E-state index in [1.165, 1.54) is 0 Å². The SMILES string of the molecule is CC(=O)CCNCc1ccccn1. The van der Waals surface area contributed by atoms with E-state index in [9.17, 15) is 4.79 Å². The third-order valence-electron chi connectivity index (χ3n) is 1.69. The Morgan fingerprint density at radius 3 is 3.00 bits per heavy atom. The molecule has 0 unspecified atom stereocenters. The fourth-order valence-electron chi connectivity index (χ4n) is 0.984. The van der Waals surface area contributed by atoms with Crippen molar-refractivity contribution < 1.29 is 4.79 Å². The molecule has 0 spiro atoms. The molecule has 1 aromatic heterocycles. The van der Waals surface area contributed by atoms with E-state index in [2.05, 4.69) is 10.3 Å². The lowest BCUT2D eigenvalue weighted by Crippen LogP contribution is -2.17. The maximum atomic E-state index is 10.6. The summed E-state index contributed by atoms with van der Waals surface area (Å²) in [4.78, 5) is 14.7. The second kappa shape index (κ2) is 5.43. The van der Waals surface area contributed by atoms with Gasteiger partial charge in [0.25, 0.3) is 0 Å². The fraction of sp³-hybridized carbons (Fsp3) is 0.400. The van der Waals surface area contributed by atoms with E-state index in [0.29, 0.717) is 6.42 Å². The van der Waals surface area contributed by atoms with Gasteiger partial charge in [-0.15, -0.1) is 0 Å². The molecule has 1 heterocycles. The average molecular weight is 178 g/mol. The van der Waals surface area contributed by atoms with Crippen LogP contribution in [0.2, 0.25) is 0 Å². The fourth-order valence-corrected chi connectivity index (χ4v) is 0.984. The van der Waals surface area contributed by atoms with Crippen molar-refractivity contribution in [1.82, 2.24) is 10.3 Å². The quantitative estimate of drug-likeness (QED) is 0.688. The molecular weight excluding hydrogens is 164 g/mol. The summed E-state index contributed by atoms with van der Waals surface area (Å²) in [5.41, 5.74) is 1.01. The third-order valence-corrected chi connectivity index (χ3v) is 1.69. The summed E-state index contributed by atoms with van der Waals surface area (Å²) in [6.07, 6.45) is 2.36. The van der Waals surface area contributed by atoms with Gasteiger partial charge in [-0.2, -0.15) is 0 Å². The molecular formula is C10H14N2O. The number of hydrogen-bond donors (Lipinski definition) is 1. The van der Waals surface area contributed by atoms with Crippen LogP contribution in [0.3, 0.4) is 0 Å². The topological polar surface area (TPSA) is 42.0 Å². The Morgan fingerprint density at radius 1 is 1.54 bits per heavy atom. The van der Waals surface area contributed by atoms with Gasteiger partial charge in [0.05, 0.1) is 5.69 Å². The zero-order chi connectivity index (χ0) is 9.52. The molecule has 0 bridgehead atoms. The Hall–Kier alpha value is -1.22. The highest BCUT2D eigenvalue weighted by molar-refractivity contribution is 5.75. The second-order valence-electron chi connectivity index (χ2n) is 2.95. The maximum absolute atomic E-state index is 10.6. The van der Waals surface area contributed by atoms with Crippen molar-refractivity contribution in [3.63, 3.8) is 0 Å². The minimum absolute atomic E-state index is 0.216. The van der Waals surface area contributed by atoms with Crippen LogP contribution in [-0.4, -0.2) is 17.3 Å². The van der Waals surface area contributed by atoms with E-state index in [0.717, 1.165) is 18.8 Å². The first-order valence-corrected chi connectivity index (χ1v) is 4.39. The molecule has 0 saturated heterocycles. The van der Waals surface area contributed by atoms with Gasteiger partial charge in [-0.1, -0.05) is 6.07 Å². The Balaban J connectivity index is 2.17. The highest BCUT2D eigenvalue weighted by Crippen LogP contribution is 1.91. The van der Waals surface area contributed by atoms with Gasteiger partial charge in [-0.25, -0.2) is 0 Å². The summed E-state index contributed by atoms with van der Waals surface area (Å²) in [7, 11) is 0. The van der Waals surface area contributed by atoms with Gasteiger partial charge in [-0.3, -0.25) is 9.78 Å². The predicted octanol–water partition coefficient (Wildman–Crippen LogP) is 1.15. The molecule has 0 amide bonds. The Bertz CT molecular complexity index is 259. The molecule has 0 fully saturated rings. The molecule has 70 valence electrons. The molecule has 1 aromatic rings. The molecule has 0 atom stereocenters. The summed E-state index contributed by atoms with van der Waals surface area (Å²) >= 11 is 0. The molecule has 0 aliphatic heterocycles. The van der Waals surface area contributed by atoms with Crippen molar-refractivity contribution >= 4 is 5.78 Å². The lowest BCUT2D eigenvalue weighted by molar-refractivity contribution is -0.116. The first-order valence-electron chi connectivity index (χ1n) is 4.39. The van der Waals surface area contributed by atoms with E-state index in [1.807, 2.05) is 18.2 Å². The highest BCUT2D eigenvalue weighted by Gasteiger charge is 1.94. The zero-order valence-corrected chi connectivity index (χ0v) is 7.79. The number of rotatable bonds is 5. The van der Waals surface area contributed by atoms with Crippen LogP contribution in [0.15, 0.2) is 24.4 Å². The van der Waals surface area contributed by atoms with Gasteiger partial charge in [0.15, 0.2) is 0 Å². The van der Waals surface area contributed by atoms with E-state index >= 15 is 0 Å². The van der Waals surface area contributed by atoms with Crippen LogP contribution >= 0.6 is 0 Å². The smallest absolute Gasteiger partial charge is 0.131 e. The summed E-state index contributed by atoms with van der Waals surface area (Å²) in [6.45, 7) is 3.06. The summed E-state index contributed by atoms with van der Waals surface area (Å²) in [5, 5.41) is 3.15. The molecule has 3 nitrogen and oxygen atoms in total. The van der Waals surface area contributed by atoms with Crippen LogP contribution in [0.5, 0.6) is 0 Å². The molecule has 0 saturated carbocycles. The van der Waals surface area contributed by atoms with Gasteiger partial charge >= 0.3 is 0 Å². The van der Waals surface area contributed by atoms with Gasteiger partial charge in [0.2, 0.25) is 0 Å². The van der Waals surface area contributed by atoms with Crippen molar-refractivity contribution in [2.24, 2.45) is 0 Å². The number of aromatic nitrogens is 1. The van der Waals surface area contributed by atoms with Gasteiger partial charge in [0.1, 0.15) is 5.78 Å². The Morgan fingerprint density at radius 2 is 2.38 bits per heavy atom. The molecule has 0 radical (unpaired) electrons.